The molecule has 0 fully saturated rings. The van der Waals surface area contributed by atoms with Gasteiger partial charge in [0, 0.05) is 0 Å². The van der Waals surface area contributed by atoms with Crippen molar-refractivity contribution in [2.45, 2.75) is 26.7 Å². The number of allylic oxidation sites excluding steroid dienone is 2. The molecule has 3 rings (SSSR count). The molecule has 0 spiro atoms. The Morgan fingerprint density at radius 3 is 2.78 bits per heavy atom. The van der Waals surface area contributed by atoms with Gasteiger partial charge < -0.3 is 10.4 Å². The number of para-hydroxylation sites is 1. The Hall–Kier alpha value is -2.21. The Morgan fingerprint density at radius 2 is 2.09 bits per heavy atom. The van der Waals surface area contributed by atoms with E-state index in [4.69, 9.17) is 0 Å². The van der Waals surface area contributed by atoms with Crippen LogP contribution in [0.1, 0.15) is 25.3 Å². The van der Waals surface area contributed by atoms with Gasteiger partial charge in [-0.05, 0) is 38.3 Å². The first-order valence-electron chi connectivity index (χ1n) is 7.51. The van der Waals surface area contributed by atoms with E-state index in [1.54, 1.807) is 0 Å². The monoisotopic (exact) mass is 330 g/mol. The number of carbonyl (C=O) groups excluding carboxylic acids is 1. The minimum absolute atomic E-state index is 0.262. The summed E-state index contributed by atoms with van der Waals surface area (Å²) in [6.45, 7) is 3.91. The van der Waals surface area contributed by atoms with Crippen LogP contribution in [0.2, 0.25) is 0 Å². The van der Waals surface area contributed by atoms with Crippen LogP contribution in [0.5, 0.6) is 0 Å². The van der Waals surface area contributed by atoms with E-state index in [-0.39, 0.29) is 5.91 Å². The van der Waals surface area contributed by atoms with E-state index in [1.807, 2.05) is 38.1 Å². The average molecular weight is 330 g/mol. The molecule has 0 bridgehead atoms. The highest BCUT2D eigenvalue weighted by atomic mass is 32.1. The van der Waals surface area contributed by atoms with Gasteiger partial charge in [-0.2, -0.15) is 0 Å². The maximum atomic E-state index is 12.6. The SMILES string of the molecule is CC1=CC[C@@H](C(=O)O)[C@H](C(=O)Nc2nc3c(C)cccc3s2)C1. The van der Waals surface area contributed by atoms with Gasteiger partial charge >= 0.3 is 5.97 Å². The van der Waals surface area contributed by atoms with Gasteiger partial charge in [0.25, 0.3) is 0 Å². The summed E-state index contributed by atoms with van der Waals surface area (Å²) in [4.78, 5) is 28.4. The summed E-state index contributed by atoms with van der Waals surface area (Å²) in [6.07, 6.45) is 2.79. The lowest BCUT2D eigenvalue weighted by atomic mass is 9.79. The molecule has 0 radical (unpaired) electrons. The maximum Gasteiger partial charge on any atom is 0.307 e. The Balaban J connectivity index is 1.83. The summed E-state index contributed by atoms with van der Waals surface area (Å²) in [6, 6.07) is 5.89. The van der Waals surface area contributed by atoms with E-state index in [9.17, 15) is 14.7 Å². The number of benzene rings is 1. The van der Waals surface area contributed by atoms with Gasteiger partial charge in [0.05, 0.1) is 22.1 Å². The lowest BCUT2D eigenvalue weighted by molar-refractivity contribution is -0.146. The average Bonchev–Trinajstić information content (AvgIpc) is 2.90. The molecule has 2 atom stereocenters. The van der Waals surface area contributed by atoms with Crippen LogP contribution in [0.4, 0.5) is 5.13 Å². The van der Waals surface area contributed by atoms with E-state index >= 15 is 0 Å². The summed E-state index contributed by atoms with van der Waals surface area (Å²) in [7, 11) is 0. The minimum atomic E-state index is -0.922. The first-order chi connectivity index (χ1) is 11.0. The summed E-state index contributed by atoms with van der Waals surface area (Å²) >= 11 is 1.41. The van der Waals surface area contributed by atoms with E-state index in [0.29, 0.717) is 18.0 Å². The number of aryl methyl sites for hydroxylation is 1. The van der Waals surface area contributed by atoms with Crippen molar-refractivity contribution in [3.05, 3.63) is 35.4 Å². The van der Waals surface area contributed by atoms with Gasteiger partial charge in [-0.3, -0.25) is 9.59 Å². The third-order valence-corrected chi connectivity index (χ3v) is 5.19. The zero-order valence-corrected chi connectivity index (χ0v) is 13.8. The van der Waals surface area contributed by atoms with Gasteiger partial charge in [0.15, 0.2) is 5.13 Å². The molecule has 5 nitrogen and oxygen atoms in total. The second-order valence-corrected chi connectivity index (χ2v) is 7.00. The predicted molar refractivity (Wildman–Crippen MR) is 90.6 cm³/mol. The van der Waals surface area contributed by atoms with Crippen LogP contribution in [0.25, 0.3) is 10.2 Å². The van der Waals surface area contributed by atoms with Gasteiger partial charge in [-0.15, -0.1) is 0 Å². The number of carbonyl (C=O) groups is 2. The molecular formula is C17H18N2O3S. The lowest BCUT2D eigenvalue weighted by Crippen LogP contribution is -2.35. The highest BCUT2D eigenvalue weighted by Crippen LogP contribution is 2.33. The molecule has 2 aromatic rings. The number of aromatic nitrogens is 1. The number of nitrogens with zero attached hydrogens (tertiary/aromatic N) is 1. The number of rotatable bonds is 3. The number of hydrogen-bond donors (Lipinski definition) is 2. The molecule has 1 aliphatic carbocycles. The molecule has 2 N–H and O–H groups in total. The molecule has 1 aromatic heterocycles. The Kier molecular flexibility index (Phi) is 4.17. The van der Waals surface area contributed by atoms with Crippen LogP contribution >= 0.6 is 11.3 Å². The third kappa shape index (κ3) is 3.12. The molecule has 0 saturated carbocycles. The molecule has 23 heavy (non-hydrogen) atoms. The highest BCUT2D eigenvalue weighted by molar-refractivity contribution is 7.22. The van der Waals surface area contributed by atoms with Crippen molar-refractivity contribution in [3.63, 3.8) is 0 Å². The number of fused-ring (bicyclic) bond motifs is 1. The van der Waals surface area contributed by atoms with Crippen molar-refractivity contribution in [1.29, 1.82) is 0 Å². The second-order valence-electron chi connectivity index (χ2n) is 5.97. The van der Waals surface area contributed by atoms with Crippen LogP contribution in [0.15, 0.2) is 29.8 Å². The topological polar surface area (TPSA) is 79.3 Å². The van der Waals surface area contributed by atoms with Crippen LogP contribution in [0.3, 0.4) is 0 Å². The molecule has 120 valence electrons. The number of carboxylic acids is 1. The lowest BCUT2D eigenvalue weighted by Gasteiger charge is -2.26. The zero-order valence-electron chi connectivity index (χ0n) is 13.0. The van der Waals surface area contributed by atoms with Crippen molar-refractivity contribution in [2.75, 3.05) is 5.32 Å². The molecule has 0 saturated heterocycles. The largest absolute Gasteiger partial charge is 0.481 e. The quantitative estimate of drug-likeness (QED) is 0.843. The van der Waals surface area contributed by atoms with Crippen molar-refractivity contribution in [3.8, 4) is 0 Å². The molecule has 6 heteroatoms. The summed E-state index contributed by atoms with van der Waals surface area (Å²) < 4.78 is 1.01. The van der Waals surface area contributed by atoms with Gasteiger partial charge in [0.2, 0.25) is 5.91 Å². The number of hydrogen-bond acceptors (Lipinski definition) is 4. The molecule has 1 aliphatic rings. The van der Waals surface area contributed by atoms with Crippen LogP contribution < -0.4 is 5.32 Å². The standard InChI is InChI=1S/C17H18N2O3S/c1-9-6-7-11(16(21)22)12(8-9)15(20)19-17-18-14-10(2)4-3-5-13(14)23-17/h3-6,11-12H,7-8H2,1-2H3,(H,21,22)(H,18,19,20)/t11-,12-/m1/s1. The predicted octanol–water partition coefficient (Wildman–Crippen LogP) is 3.60. The molecule has 0 aliphatic heterocycles. The number of nitrogens with one attached hydrogen (secondary N) is 1. The number of aliphatic carboxylic acids is 1. The Morgan fingerprint density at radius 1 is 1.30 bits per heavy atom. The smallest absolute Gasteiger partial charge is 0.307 e. The van der Waals surface area contributed by atoms with Crippen molar-refractivity contribution >= 4 is 38.6 Å². The Bertz CT molecular complexity index is 809. The summed E-state index contributed by atoms with van der Waals surface area (Å²) in [5.41, 5.74) is 2.99. The number of anilines is 1. The first-order valence-corrected chi connectivity index (χ1v) is 8.33. The van der Waals surface area contributed by atoms with Crippen molar-refractivity contribution < 1.29 is 14.7 Å². The maximum absolute atomic E-state index is 12.6. The van der Waals surface area contributed by atoms with Gasteiger partial charge in [0.1, 0.15) is 0 Å². The van der Waals surface area contributed by atoms with E-state index < -0.39 is 17.8 Å². The minimum Gasteiger partial charge on any atom is -0.481 e. The fourth-order valence-electron chi connectivity index (χ4n) is 2.95. The fraction of sp³-hybridized carbons (Fsp3) is 0.353. The summed E-state index contributed by atoms with van der Waals surface area (Å²) in [5, 5.41) is 12.7. The van der Waals surface area contributed by atoms with Crippen LogP contribution in [-0.4, -0.2) is 22.0 Å². The zero-order chi connectivity index (χ0) is 16.6. The first kappa shape index (κ1) is 15.7. The molecule has 0 unspecified atom stereocenters. The van der Waals surface area contributed by atoms with Crippen molar-refractivity contribution in [2.24, 2.45) is 11.8 Å². The normalized spacial score (nSPS) is 21.0. The molecule has 1 heterocycles. The summed E-state index contributed by atoms with van der Waals surface area (Å²) in [5.74, 6) is -2.41. The fourth-order valence-corrected chi connectivity index (χ4v) is 3.90. The van der Waals surface area contributed by atoms with E-state index in [1.165, 1.54) is 11.3 Å². The van der Waals surface area contributed by atoms with E-state index in [2.05, 4.69) is 10.3 Å². The molecular weight excluding hydrogens is 312 g/mol. The highest BCUT2D eigenvalue weighted by Gasteiger charge is 2.35. The van der Waals surface area contributed by atoms with Crippen molar-refractivity contribution in [1.82, 2.24) is 4.98 Å². The Labute approximate surface area is 138 Å². The number of thiazole rings is 1. The van der Waals surface area contributed by atoms with E-state index in [0.717, 1.165) is 21.4 Å². The molecule has 1 aromatic carbocycles. The van der Waals surface area contributed by atoms with Crippen LogP contribution in [-0.2, 0) is 9.59 Å². The second kappa shape index (κ2) is 6.12. The molecule has 1 amide bonds. The van der Waals surface area contributed by atoms with Crippen LogP contribution in [0, 0.1) is 18.8 Å². The third-order valence-electron chi connectivity index (χ3n) is 4.25. The van der Waals surface area contributed by atoms with Gasteiger partial charge in [-0.25, -0.2) is 4.98 Å². The number of carboxylic acid groups (broad SMARTS) is 1. The number of amides is 1. The van der Waals surface area contributed by atoms with Gasteiger partial charge in [-0.1, -0.05) is 35.1 Å².